The van der Waals surface area contributed by atoms with Gasteiger partial charge in [-0.25, -0.2) is 0 Å². The maximum absolute atomic E-state index is 12.4. The fourth-order valence-corrected chi connectivity index (χ4v) is 2.66. The van der Waals surface area contributed by atoms with Crippen LogP contribution in [-0.2, 0) is 14.3 Å². The van der Waals surface area contributed by atoms with E-state index in [-0.39, 0.29) is 29.8 Å². The Hall–Kier alpha value is -1.10. The summed E-state index contributed by atoms with van der Waals surface area (Å²) in [6.45, 7) is 11.0. The number of amides is 1. The summed E-state index contributed by atoms with van der Waals surface area (Å²) in [6, 6.07) is -0.274. The molecular weight excluding hydrogens is 256 g/mol. The molecule has 5 nitrogen and oxygen atoms in total. The Bertz CT molecular complexity index is 361. The summed E-state index contributed by atoms with van der Waals surface area (Å²) in [5.74, 6) is 0.00114. The van der Waals surface area contributed by atoms with E-state index in [9.17, 15) is 9.59 Å². The van der Waals surface area contributed by atoms with E-state index in [1.807, 2.05) is 34.6 Å². The molecule has 5 heteroatoms. The molecule has 1 N–H and O–H groups in total. The zero-order valence-electron chi connectivity index (χ0n) is 13.5. The summed E-state index contributed by atoms with van der Waals surface area (Å²) in [7, 11) is 1.65. The van der Waals surface area contributed by atoms with E-state index >= 15 is 0 Å². The largest absolute Gasteiger partial charge is 0.459 e. The van der Waals surface area contributed by atoms with Crippen LogP contribution in [0.25, 0.3) is 0 Å². The van der Waals surface area contributed by atoms with Gasteiger partial charge in [-0.2, -0.15) is 0 Å². The highest BCUT2D eigenvalue weighted by Gasteiger charge is 2.38. The van der Waals surface area contributed by atoms with Gasteiger partial charge in [0, 0.05) is 13.6 Å². The molecule has 0 bridgehead atoms. The molecule has 0 radical (unpaired) electrons. The molecule has 0 saturated carbocycles. The number of carbonyl (C=O) groups is 2. The zero-order valence-corrected chi connectivity index (χ0v) is 13.5. The standard InChI is InChI=1S/C15H28N2O3/c1-10(2)12(14(19)20-15(3,4)5)17-8-7-11(9-17)13(18)16-6/h10-12H,7-9H2,1-6H3,(H,16,18)/t11-,12-/m0/s1. The van der Waals surface area contributed by atoms with Gasteiger partial charge in [0.05, 0.1) is 5.92 Å². The van der Waals surface area contributed by atoms with Gasteiger partial charge in [-0.3, -0.25) is 14.5 Å². The molecule has 1 fully saturated rings. The highest BCUT2D eigenvalue weighted by Crippen LogP contribution is 2.24. The number of nitrogens with zero attached hydrogens (tertiary/aromatic N) is 1. The smallest absolute Gasteiger partial charge is 0.324 e. The lowest BCUT2D eigenvalue weighted by Gasteiger charge is -2.32. The molecule has 116 valence electrons. The maximum atomic E-state index is 12.4. The molecule has 2 atom stereocenters. The quantitative estimate of drug-likeness (QED) is 0.793. The van der Waals surface area contributed by atoms with E-state index < -0.39 is 5.60 Å². The van der Waals surface area contributed by atoms with Crippen molar-refractivity contribution in [1.82, 2.24) is 10.2 Å². The van der Waals surface area contributed by atoms with Crippen LogP contribution >= 0.6 is 0 Å². The van der Waals surface area contributed by atoms with Crippen molar-refractivity contribution in [3.63, 3.8) is 0 Å². The third-order valence-corrected chi connectivity index (χ3v) is 3.51. The average Bonchev–Trinajstić information content (AvgIpc) is 2.74. The van der Waals surface area contributed by atoms with Crippen molar-refractivity contribution in [2.75, 3.05) is 20.1 Å². The van der Waals surface area contributed by atoms with Crippen LogP contribution in [0.5, 0.6) is 0 Å². The number of ether oxygens (including phenoxy) is 1. The molecule has 0 spiro atoms. The first-order chi connectivity index (χ1) is 9.15. The number of esters is 1. The second kappa shape index (κ2) is 6.57. The van der Waals surface area contributed by atoms with Crippen molar-refractivity contribution in [1.29, 1.82) is 0 Å². The van der Waals surface area contributed by atoms with Crippen molar-refractivity contribution in [2.45, 2.75) is 52.7 Å². The van der Waals surface area contributed by atoms with E-state index in [4.69, 9.17) is 4.74 Å². The normalized spacial score (nSPS) is 21.9. The lowest BCUT2D eigenvalue weighted by atomic mass is 10.0. The molecule has 0 unspecified atom stereocenters. The van der Waals surface area contributed by atoms with Gasteiger partial charge in [0.2, 0.25) is 5.91 Å². The maximum Gasteiger partial charge on any atom is 0.324 e. The predicted octanol–water partition coefficient (Wildman–Crippen LogP) is 1.42. The minimum atomic E-state index is -0.482. The van der Waals surface area contributed by atoms with E-state index in [0.717, 1.165) is 13.0 Å². The molecule has 1 rings (SSSR count). The Labute approximate surface area is 122 Å². The van der Waals surface area contributed by atoms with Crippen LogP contribution in [0.4, 0.5) is 0 Å². The lowest BCUT2D eigenvalue weighted by molar-refractivity contribution is -0.163. The van der Waals surface area contributed by atoms with Gasteiger partial charge in [-0.1, -0.05) is 13.8 Å². The number of hydrogen-bond donors (Lipinski definition) is 1. The Morgan fingerprint density at radius 1 is 1.30 bits per heavy atom. The topological polar surface area (TPSA) is 58.6 Å². The molecule has 0 aliphatic carbocycles. The van der Waals surface area contributed by atoms with Crippen LogP contribution in [-0.4, -0.2) is 48.6 Å². The van der Waals surface area contributed by atoms with Gasteiger partial charge in [0.15, 0.2) is 0 Å². The molecule has 1 aliphatic rings. The Kier molecular flexibility index (Phi) is 5.57. The molecule has 0 aromatic carbocycles. The molecule has 0 aromatic rings. The first-order valence-electron chi connectivity index (χ1n) is 7.34. The molecule has 1 amide bonds. The SMILES string of the molecule is CNC(=O)[C@H]1CCN([C@H](C(=O)OC(C)(C)C)C(C)C)C1. The van der Waals surface area contributed by atoms with E-state index in [1.54, 1.807) is 7.05 Å². The van der Waals surface area contributed by atoms with E-state index in [0.29, 0.717) is 6.54 Å². The Morgan fingerprint density at radius 3 is 2.35 bits per heavy atom. The summed E-state index contributed by atoms with van der Waals surface area (Å²) < 4.78 is 5.51. The van der Waals surface area contributed by atoms with Gasteiger partial charge in [-0.05, 0) is 39.7 Å². The minimum absolute atomic E-state index is 0.0244. The Balaban J connectivity index is 2.73. The molecule has 20 heavy (non-hydrogen) atoms. The Morgan fingerprint density at radius 2 is 1.90 bits per heavy atom. The predicted molar refractivity (Wildman–Crippen MR) is 78.2 cm³/mol. The fraction of sp³-hybridized carbons (Fsp3) is 0.867. The fourth-order valence-electron chi connectivity index (χ4n) is 2.66. The lowest BCUT2D eigenvalue weighted by Crippen LogP contribution is -2.47. The third-order valence-electron chi connectivity index (χ3n) is 3.51. The average molecular weight is 284 g/mol. The molecule has 1 heterocycles. The molecular formula is C15H28N2O3. The van der Waals surface area contributed by atoms with Crippen molar-refractivity contribution in [3.05, 3.63) is 0 Å². The summed E-state index contributed by atoms with van der Waals surface area (Å²) >= 11 is 0. The van der Waals surface area contributed by atoms with Gasteiger partial charge in [0.1, 0.15) is 11.6 Å². The number of nitrogens with one attached hydrogen (secondary N) is 1. The highest BCUT2D eigenvalue weighted by molar-refractivity contribution is 5.80. The third kappa shape index (κ3) is 4.47. The molecule has 1 saturated heterocycles. The van der Waals surface area contributed by atoms with Crippen LogP contribution in [0.2, 0.25) is 0 Å². The van der Waals surface area contributed by atoms with Crippen molar-refractivity contribution in [2.24, 2.45) is 11.8 Å². The van der Waals surface area contributed by atoms with Crippen molar-refractivity contribution >= 4 is 11.9 Å². The van der Waals surface area contributed by atoms with E-state index in [2.05, 4.69) is 10.2 Å². The van der Waals surface area contributed by atoms with Crippen LogP contribution in [0.15, 0.2) is 0 Å². The van der Waals surface area contributed by atoms with Crippen molar-refractivity contribution < 1.29 is 14.3 Å². The number of likely N-dealkylation sites (tertiary alicyclic amines) is 1. The van der Waals surface area contributed by atoms with Gasteiger partial charge in [-0.15, -0.1) is 0 Å². The summed E-state index contributed by atoms with van der Waals surface area (Å²) in [5, 5.41) is 2.68. The molecule has 0 aromatic heterocycles. The number of rotatable bonds is 4. The van der Waals surface area contributed by atoms with Crippen LogP contribution in [0.3, 0.4) is 0 Å². The monoisotopic (exact) mass is 284 g/mol. The number of hydrogen-bond acceptors (Lipinski definition) is 4. The van der Waals surface area contributed by atoms with Gasteiger partial charge >= 0.3 is 5.97 Å². The van der Waals surface area contributed by atoms with Crippen LogP contribution < -0.4 is 5.32 Å². The summed E-state index contributed by atoms with van der Waals surface area (Å²) in [5.41, 5.74) is -0.482. The van der Waals surface area contributed by atoms with Gasteiger partial charge < -0.3 is 10.1 Å². The number of carbonyl (C=O) groups excluding carboxylic acids is 2. The second-order valence-electron chi connectivity index (χ2n) is 6.82. The van der Waals surface area contributed by atoms with Crippen molar-refractivity contribution in [3.8, 4) is 0 Å². The van der Waals surface area contributed by atoms with Crippen LogP contribution in [0, 0.1) is 11.8 Å². The highest BCUT2D eigenvalue weighted by atomic mass is 16.6. The summed E-state index contributed by atoms with van der Waals surface area (Å²) in [4.78, 5) is 26.1. The zero-order chi connectivity index (χ0) is 15.5. The van der Waals surface area contributed by atoms with E-state index in [1.165, 1.54) is 0 Å². The molecule has 1 aliphatic heterocycles. The summed E-state index contributed by atoms with van der Waals surface area (Å²) in [6.07, 6.45) is 0.797. The van der Waals surface area contributed by atoms with Crippen LogP contribution in [0.1, 0.15) is 41.0 Å². The second-order valence-corrected chi connectivity index (χ2v) is 6.82. The minimum Gasteiger partial charge on any atom is -0.459 e. The first kappa shape index (κ1) is 17.0. The van der Waals surface area contributed by atoms with Gasteiger partial charge in [0.25, 0.3) is 0 Å². The first-order valence-corrected chi connectivity index (χ1v) is 7.34.